The van der Waals surface area contributed by atoms with Crippen LogP contribution in [0.2, 0.25) is 0 Å². The molecule has 2 aliphatic heterocycles. The van der Waals surface area contributed by atoms with Crippen molar-refractivity contribution >= 4 is 17.4 Å². The summed E-state index contributed by atoms with van der Waals surface area (Å²) in [5, 5.41) is 7.12. The predicted molar refractivity (Wildman–Crippen MR) is 126 cm³/mol. The lowest BCUT2D eigenvalue weighted by Gasteiger charge is -2.35. The summed E-state index contributed by atoms with van der Waals surface area (Å²) in [5.41, 5.74) is 4.50. The van der Waals surface area contributed by atoms with Crippen LogP contribution in [0.4, 0.5) is 0 Å². The molecule has 33 heavy (non-hydrogen) atoms. The molecule has 0 saturated carbocycles. The molecule has 7 nitrogen and oxygen atoms in total. The number of likely N-dealkylation sites (tertiary alicyclic amines) is 1. The Morgan fingerprint density at radius 3 is 2.61 bits per heavy atom. The first kappa shape index (κ1) is 21.1. The van der Waals surface area contributed by atoms with Crippen LogP contribution in [-0.2, 0) is 4.79 Å². The van der Waals surface area contributed by atoms with Gasteiger partial charge in [-0.1, -0.05) is 36.4 Å². The van der Waals surface area contributed by atoms with Gasteiger partial charge in [-0.2, -0.15) is 5.10 Å². The van der Waals surface area contributed by atoms with E-state index in [1.54, 1.807) is 23.4 Å². The van der Waals surface area contributed by atoms with E-state index in [1.807, 2.05) is 35.2 Å². The number of carbonyl (C=O) groups is 2. The third kappa shape index (κ3) is 4.58. The van der Waals surface area contributed by atoms with Crippen LogP contribution in [0.25, 0.3) is 16.8 Å². The van der Waals surface area contributed by atoms with Crippen molar-refractivity contribution in [2.75, 3.05) is 26.2 Å². The van der Waals surface area contributed by atoms with Crippen molar-refractivity contribution in [1.29, 1.82) is 0 Å². The van der Waals surface area contributed by atoms with E-state index in [0.717, 1.165) is 31.4 Å². The standard InChI is InChI=1S/C26H27N5O2/c32-25(30-14-10-20(11-15-30)19-6-2-1-3-7-19)22-9-5-13-31(18-22)26(33)24-16-23(28-29-24)21-8-4-12-27-17-21/h1-4,6-8,10,12,16-17,22H,5,9,11,13-15,18H2,(H,28,29)/t22-/m1/s1. The zero-order valence-electron chi connectivity index (χ0n) is 18.5. The Morgan fingerprint density at radius 1 is 1.00 bits per heavy atom. The Hall–Kier alpha value is -3.74. The molecule has 2 aromatic heterocycles. The fourth-order valence-electron chi connectivity index (χ4n) is 4.67. The zero-order valence-corrected chi connectivity index (χ0v) is 18.5. The van der Waals surface area contributed by atoms with Crippen molar-refractivity contribution in [1.82, 2.24) is 25.0 Å². The van der Waals surface area contributed by atoms with E-state index in [2.05, 4.69) is 33.4 Å². The van der Waals surface area contributed by atoms with E-state index in [9.17, 15) is 9.59 Å². The Bertz CT molecular complexity index is 1160. The second kappa shape index (κ2) is 9.40. The molecule has 0 unspecified atom stereocenters. The summed E-state index contributed by atoms with van der Waals surface area (Å²) in [6.07, 6.45) is 8.08. The maximum Gasteiger partial charge on any atom is 0.271 e. The summed E-state index contributed by atoms with van der Waals surface area (Å²) in [7, 11) is 0. The fourth-order valence-corrected chi connectivity index (χ4v) is 4.67. The monoisotopic (exact) mass is 441 g/mol. The Labute approximate surface area is 193 Å². The van der Waals surface area contributed by atoms with Gasteiger partial charge in [0.1, 0.15) is 5.69 Å². The molecule has 0 aliphatic carbocycles. The molecule has 1 saturated heterocycles. The van der Waals surface area contributed by atoms with E-state index < -0.39 is 0 Å². The van der Waals surface area contributed by atoms with Crippen LogP contribution < -0.4 is 0 Å². The van der Waals surface area contributed by atoms with Gasteiger partial charge in [-0.3, -0.25) is 19.7 Å². The van der Waals surface area contributed by atoms with E-state index in [-0.39, 0.29) is 17.7 Å². The molecular weight excluding hydrogens is 414 g/mol. The summed E-state index contributed by atoms with van der Waals surface area (Å²) >= 11 is 0. The number of piperidine rings is 1. The number of rotatable bonds is 4. The van der Waals surface area contributed by atoms with Crippen LogP contribution in [0.1, 0.15) is 35.3 Å². The molecular formula is C26H27N5O2. The highest BCUT2D eigenvalue weighted by Gasteiger charge is 2.32. The molecule has 2 amide bonds. The van der Waals surface area contributed by atoms with Crippen molar-refractivity contribution in [2.45, 2.75) is 19.3 Å². The molecule has 1 atom stereocenters. The minimum Gasteiger partial charge on any atom is -0.338 e. The summed E-state index contributed by atoms with van der Waals surface area (Å²) < 4.78 is 0. The maximum absolute atomic E-state index is 13.2. The van der Waals surface area contributed by atoms with Gasteiger partial charge < -0.3 is 9.80 Å². The van der Waals surface area contributed by atoms with Crippen molar-refractivity contribution in [3.63, 3.8) is 0 Å². The van der Waals surface area contributed by atoms with Crippen LogP contribution in [0, 0.1) is 5.92 Å². The van der Waals surface area contributed by atoms with Gasteiger partial charge in [-0.15, -0.1) is 0 Å². The first-order valence-electron chi connectivity index (χ1n) is 11.5. The molecule has 3 aromatic rings. The van der Waals surface area contributed by atoms with Crippen LogP contribution in [0.3, 0.4) is 0 Å². The average molecular weight is 442 g/mol. The second-order valence-electron chi connectivity index (χ2n) is 8.63. The van der Waals surface area contributed by atoms with Crippen LogP contribution in [0.15, 0.2) is 67.0 Å². The van der Waals surface area contributed by atoms with E-state index in [0.29, 0.717) is 31.0 Å². The van der Waals surface area contributed by atoms with Gasteiger partial charge >= 0.3 is 0 Å². The van der Waals surface area contributed by atoms with E-state index in [1.165, 1.54) is 11.1 Å². The molecule has 4 heterocycles. The third-order valence-electron chi connectivity index (χ3n) is 6.49. The van der Waals surface area contributed by atoms with E-state index >= 15 is 0 Å². The highest BCUT2D eigenvalue weighted by Crippen LogP contribution is 2.26. The van der Waals surface area contributed by atoms with Crippen molar-refractivity contribution in [3.8, 4) is 11.3 Å². The molecule has 7 heteroatoms. The normalized spacial score (nSPS) is 18.7. The lowest BCUT2D eigenvalue weighted by molar-refractivity contribution is -0.136. The molecule has 0 bridgehead atoms. The number of hydrogen-bond donors (Lipinski definition) is 1. The molecule has 1 fully saturated rings. The number of aromatic nitrogens is 3. The molecule has 1 aromatic carbocycles. The fraction of sp³-hybridized carbons (Fsp3) is 0.308. The highest BCUT2D eigenvalue weighted by atomic mass is 16.2. The largest absolute Gasteiger partial charge is 0.338 e. The first-order valence-corrected chi connectivity index (χ1v) is 11.5. The van der Waals surface area contributed by atoms with Gasteiger partial charge in [0.05, 0.1) is 11.6 Å². The van der Waals surface area contributed by atoms with Gasteiger partial charge in [-0.05, 0) is 48.6 Å². The minimum absolute atomic E-state index is 0.111. The van der Waals surface area contributed by atoms with E-state index in [4.69, 9.17) is 0 Å². The summed E-state index contributed by atoms with van der Waals surface area (Å²) in [5.74, 6) is -0.119. The first-order chi connectivity index (χ1) is 16.2. The lowest BCUT2D eigenvalue weighted by atomic mass is 9.94. The van der Waals surface area contributed by atoms with Gasteiger partial charge in [-0.25, -0.2) is 0 Å². The van der Waals surface area contributed by atoms with Gasteiger partial charge in [0, 0.05) is 44.1 Å². The Morgan fingerprint density at radius 2 is 1.85 bits per heavy atom. The molecule has 0 spiro atoms. The maximum atomic E-state index is 13.2. The number of H-pyrrole nitrogens is 1. The average Bonchev–Trinajstić information content (AvgIpc) is 3.39. The van der Waals surface area contributed by atoms with Crippen molar-refractivity contribution < 1.29 is 9.59 Å². The number of pyridine rings is 1. The Balaban J connectivity index is 1.22. The van der Waals surface area contributed by atoms with Gasteiger partial charge in [0.2, 0.25) is 5.91 Å². The van der Waals surface area contributed by atoms with Crippen LogP contribution in [0.5, 0.6) is 0 Å². The van der Waals surface area contributed by atoms with Crippen molar-refractivity contribution in [2.24, 2.45) is 5.92 Å². The van der Waals surface area contributed by atoms with Crippen molar-refractivity contribution in [3.05, 3.63) is 78.3 Å². The SMILES string of the molecule is O=C(c1cc(-c2cccnc2)n[nH]1)N1CCC[C@@H](C(=O)N2CC=C(c3ccccc3)CC2)C1. The number of aromatic amines is 1. The number of benzene rings is 1. The van der Waals surface area contributed by atoms with Gasteiger partial charge in [0.15, 0.2) is 0 Å². The minimum atomic E-state index is -0.157. The summed E-state index contributed by atoms with van der Waals surface area (Å²) in [6.45, 7) is 2.45. The number of nitrogens with zero attached hydrogens (tertiary/aromatic N) is 4. The molecule has 5 rings (SSSR count). The second-order valence-corrected chi connectivity index (χ2v) is 8.63. The predicted octanol–water partition coefficient (Wildman–Crippen LogP) is 3.64. The Kier molecular flexibility index (Phi) is 6.02. The highest BCUT2D eigenvalue weighted by molar-refractivity contribution is 5.94. The topological polar surface area (TPSA) is 82.2 Å². The summed E-state index contributed by atoms with van der Waals surface area (Å²) in [4.78, 5) is 34.1. The number of nitrogens with one attached hydrogen (secondary N) is 1. The lowest BCUT2D eigenvalue weighted by Crippen LogP contribution is -2.47. The summed E-state index contributed by atoms with van der Waals surface area (Å²) in [6, 6.07) is 15.8. The zero-order chi connectivity index (χ0) is 22.6. The van der Waals surface area contributed by atoms with Crippen LogP contribution in [-0.4, -0.2) is 63.0 Å². The smallest absolute Gasteiger partial charge is 0.271 e. The molecule has 2 aliphatic rings. The molecule has 0 radical (unpaired) electrons. The quantitative estimate of drug-likeness (QED) is 0.670. The number of carbonyl (C=O) groups excluding carboxylic acids is 2. The molecule has 1 N–H and O–H groups in total. The third-order valence-corrected chi connectivity index (χ3v) is 6.49. The molecule has 168 valence electrons. The number of amides is 2. The van der Waals surface area contributed by atoms with Gasteiger partial charge in [0.25, 0.3) is 5.91 Å². The number of hydrogen-bond acceptors (Lipinski definition) is 4. The van der Waals surface area contributed by atoms with Crippen LogP contribution >= 0.6 is 0 Å².